The Kier molecular flexibility index (Phi) is 4.98. The summed E-state index contributed by atoms with van der Waals surface area (Å²) in [6, 6.07) is 45.0. The summed E-state index contributed by atoms with van der Waals surface area (Å²) in [4.78, 5) is 4.50. The Balaban J connectivity index is 1.27. The molecule has 2 nitrogen and oxygen atoms in total. The fraction of sp³-hybridized carbons (Fsp3) is 0.0426. The van der Waals surface area contributed by atoms with Gasteiger partial charge in [-0.2, -0.15) is 0 Å². The molecule has 0 bridgehead atoms. The number of hydrogen-bond donors (Lipinski definition) is 0. The van der Waals surface area contributed by atoms with Crippen LogP contribution < -0.4 is 0 Å². The molecular weight excluding hydrogens is 593 g/mol. The Morgan fingerprint density at radius 3 is 1.98 bits per heavy atom. The Labute approximate surface area is 300 Å². The summed E-state index contributed by atoms with van der Waals surface area (Å²) in [5, 5.41) is 3.74. The highest BCUT2D eigenvalue weighted by molar-refractivity contribution is 6.22. The van der Waals surface area contributed by atoms with Crippen molar-refractivity contribution < 1.29 is 13.7 Å². The van der Waals surface area contributed by atoms with Gasteiger partial charge in [-0.15, -0.1) is 0 Å². The molecule has 0 aliphatic rings. The van der Waals surface area contributed by atoms with Crippen molar-refractivity contribution in [1.82, 2.24) is 9.55 Å². The molecule has 0 N–H and O–H groups in total. The molecule has 9 rings (SSSR count). The minimum atomic E-state index is -2.96. The van der Waals surface area contributed by atoms with Crippen LogP contribution in [0.1, 0.15) is 26.4 Å². The number of rotatable bonds is 6. The second kappa shape index (κ2) is 12.1. The lowest BCUT2D eigenvalue weighted by Gasteiger charge is -2.19. The quantitative estimate of drug-likeness (QED) is 0.166. The lowest BCUT2D eigenvalue weighted by atomic mass is 9.84. The Morgan fingerprint density at radius 1 is 0.531 bits per heavy atom. The molecule has 0 spiro atoms. The molecule has 1 aromatic heterocycles. The van der Waals surface area contributed by atoms with E-state index in [2.05, 4.69) is 23.2 Å². The zero-order chi connectivity index (χ0) is 41.4. The number of imidazole rings is 1. The van der Waals surface area contributed by atoms with E-state index in [-0.39, 0.29) is 23.5 Å². The van der Waals surface area contributed by atoms with Crippen molar-refractivity contribution in [3.05, 3.63) is 182 Å². The van der Waals surface area contributed by atoms with Crippen LogP contribution in [0.25, 0.3) is 82.8 Å². The van der Waals surface area contributed by atoms with Gasteiger partial charge in [0.05, 0.1) is 17.9 Å². The van der Waals surface area contributed by atoms with Gasteiger partial charge < -0.3 is 0 Å². The largest absolute Gasteiger partial charge is 0.296 e. The van der Waals surface area contributed by atoms with Crippen molar-refractivity contribution in [3.8, 4) is 50.2 Å². The molecule has 1 heterocycles. The number of para-hydroxylation sites is 2. The van der Waals surface area contributed by atoms with Gasteiger partial charge in [0.2, 0.25) is 0 Å². The van der Waals surface area contributed by atoms with Crippen LogP contribution in [0, 0.1) is 0 Å². The second-order valence-electron chi connectivity index (χ2n) is 11.9. The lowest BCUT2D eigenvalue weighted by molar-refractivity contribution is 0.908. The summed E-state index contributed by atoms with van der Waals surface area (Å²) in [5.41, 5.74) is 7.75. The number of aromatic nitrogens is 2. The number of aryl methyl sites for hydroxylation is 1. The summed E-state index contributed by atoms with van der Waals surface area (Å²) < 4.78 is 85.5. The molecule has 0 aliphatic carbocycles. The zero-order valence-electron chi connectivity index (χ0n) is 36.3. The van der Waals surface area contributed by atoms with E-state index in [4.69, 9.17) is 13.7 Å². The van der Waals surface area contributed by atoms with E-state index < -0.39 is 31.4 Å². The molecule has 2 heteroatoms. The molecule has 0 radical (unpaired) electrons. The number of fused-ring (bicyclic) bond motifs is 3. The molecule has 0 fully saturated rings. The standard InChI is InChI=1S/C47H34N2/c1-2-45-48-43-25-11-12-26-44(43)49(45)38-22-14-20-35(30-38)34-19-13-21-37(29-34)47-40-24-10-9-23-39(40)46(33-17-7-4-8-18-33)42-31-36(27-28-41(42)47)32-15-5-3-6-16-32/h3-31H,2H2,1H3/i1D3,2D2,3D,5D,6D,15D,16D. The van der Waals surface area contributed by atoms with E-state index in [1.807, 2.05) is 109 Å². The fourth-order valence-electron chi connectivity index (χ4n) is 7.01. The van der Waals surface area contributed by atoms with Crippen LogP contribution in [0.5, 0.6) is 0 Å². The molecule has 0 amide bonds. The normalized spacial score (nSPS) is 14.9. The van der Waals surface area contributed by atoms with Gasteiger partial charge in [0.25, 0.3) is 0 Å². The second-order valence-corrected chi connectivity index (χ2v) is 11.9. The molecule has 232 valence electrons. The molecule has 0 atom stereocenters. The third-order valence-corrected chi connectivity index (χ3v) is 9.14. The highest BCUT2D eigenvalue weighted by Crippen LogP contribution is 2.45. The van der Waals surface area contributed by atoms with Gasteiger partial charge in [-0.25, -0.2) is 4.98 Å². The number of hydrogen-bond acceptors (Lipinski definition) is 1. The molecule has 0 saturated heterocycles. The topological polar surface area (TPSA) is 17.8 Å². The fourth-order valence-corrected chi connectivity index (χ4v) is 7.01. The first-order chi connectivity index (χ1) is 28.3. The van der Waals surface area contributed by atoms with E-state index in [1.165, 1.54) is 0 Å². The zero-order valence-corrected chi connectivity index (χ0v) is 26.3. The third kappa shape index (κ3) is 5.01. The van der Waals surface area contributed by atoms with E-state index >= 15 is 0 Å². The first-order valence-corrected chi connectivity index (χ1v) is 16.1. The van der Waals surface area contributed by atoms with Gasteiger partial charge in [0.1, 0.15) is 5.82 Å². The maximum atomic E-state index is 8.76. The monoisotopic (exact) mass is 636 g/mol. The van der Waals surface area contributed by atoms with Gasteiger partial charge in [-0.1, -0.05) is 146 Å². The van der Waals surface area contributed by atoms with E-state index in [0.29, 0.717) is 22.3 Å². The maximum absolute atomic E-state index is 8.76. The molecule has 0 saturated carbocycles. The molecule has 9 aromatic rings. The van der Waals surface area contributed by atoms with Crippen LogP contribution in [0.4, 0.5) is 0 Å². The number of benzene rings is 8. The van der Waals surface area contributed by atoms with E-state index in [9.17, 15) is 0 Å². The van der Waals surface area contributed by atoms with Gasteiger partial charge in [0, 0.05) is 18.9 Å². The van der Waals surface area contributed by atoms with Crippen molar-refractivity contribution in [2.45, 2.75) is 13.2 Å². The van der Waals surface area contributed by atoms with Crippen LogP contribution in [-0.2, 0) is 6.37 Å². The maximum Gasteiger partial charge on any atom is 0.114 e. The lowest BCUT2D eigenvalue weighted by Crippen LogP contribution is -2.00. The minimum absolute atomic E-state index is 0.134. The van der Waals surface area contributed by atoms with Crippen molar-refractivity contribution >= 4 is 32.6 Å². The van der Waals surface area contributed by atoms with Gasteiger partial charge in [-0.3, -0.25) is 4.57 Å². The summed E-state index contributed by atoms with van der Waals surface area (Å²) in [6.45, 7) is -2.96. The van der Waals surface area contributed by atoms with Gasteiger partial charge >= 0.3 is 0 Å². The van der Waals surface area contributed by atoms with E-state index in [1.54, 1.807) is 22.8 Å². The summed E-state index contributed by atoms with van der Waals surface area (Å²) in [7, 11) is 0. The van der Waals surface area contributed by atoms with Crippen LogP contribution in [0.2, 0.25) is 0 Å². The van der Waals surface area contributed by atoms with Crippen molar-refractivity contribution in [3.63, 3.8) is 0 Å². The molecule has 8 aromatic carbocycles. The Morgan fingerprint density at radius 2 is 1.16 bits per heavy atom. The van der Waals surface area contributed by atoms with Crippen LogP contribution in [0.3, 0.4) is 0 Å². The molecule has 49 heavy (non-hydrogen) atoms. The van der Waals surface area contributed by atoms with Crippen LogP contribution in [0.15, 0.2) is 176 Å². The van der Waals surface area contributed by atoms with Crippen molar-refractivity contribution in [1.29, 1.82) is 0 Å². The summed E-state index contributed by atoms with van der Waals surface area (Å²) in [6.07, 6.45) is -2.74. The SMILES string of the molecule is [2H]c1c([2H])c([2H])c(-c2ccc3c(-c4cccc(-c5cccc(-n6c(C([2H])([2H])C([2H])([2H])[2H])nc7ccccc76)c5)c4)c4ccccc4c(-c4ccccc4)c3c2)c([2H])c1[2H]. The van der Waals surface area contributed by atoms with Crippen molar-refractivity contribution in [2.75, 3.05) is 0 Å². The minimum Gasteiger partial charge on any atom is -0.296 e. The van der Waals surface area contributed by atoms with Gasteiger partial charge in [-0.05, 0) is 102 Å². The average Bonchev–Trinajstić information content (AvgIpc) is 3.65. The number of nitrogens with zero attached hydrogens (tertiary/aromatic N) is 2. The Bertz CT molecular complexity index is 3100. The van der Waals surface area contributed by atoms with Crippen LogP contribution in [-0.4, -0.2) is 9.55 Å². The van der Waals surface area contributed by atoms with Crippen molar-refractivity contribution in [2.24, 2.45) is 0 Å². The summed E-state index contributed by atoms with van der Waals surface area (Å²) >= 11 is 0. The third-order valence-electron chi connectivity index (χ3n) is 9.14. The predicted molar refractivity (Wildman–Crippen MR) is 207 cm³/mol. The first kappa shape index (κ1) is 20.2. The molecule has 0 unspecified atom stereocenters. The average molecular weight is 637 g/mol. The molecular formula is C47H34N2. The van der Waals surface area contributed by atoms with Crippen LogP contribution >= 0.6 is 0 Å². The van der Waals surface area contributed by atoms with E-state index in [0.717, 1.165) is 54.9 Å². The Hall–Kier alpha value is -6.25. The highest BCUT2D eigenvalue weighted by atomic mass is 15.1. The molecule has 0 aliphatic heterocycles. The summed E-state index contributed by atoms with van der Waals surface area (Å²) in [5.74, 6) is -0.205. The smallest absolute Gasteiger partial charge is 0.114 e. The first-order valence-electron chi connectivity index (χ1n) is 21.1. The van der Waals surface area contributed by atoms with Gasteiger partial charge in [0.15, 0.2) is 0 Å². The highest BCUT2D eigenvalue weighted by Gasteiger charge is 2.18. The predicted octanol–water partition coefficient (Wildman–Crippen LogP) is 12.6.